The molecule has 0 aliphatic heterocycles. The molecule has 0 saturated carbocycles. The molecule has 0 aliphatic rings. The maximum Gasteiger partial charge on any atom is 0.133 e. The molecule has 2 aromatic rings. The summed E-state index contributed by atoms with van der Waals surface area (Å²) in [4.78, 5) is 0. The van der Waals surface area contributed by atoms with Gasteiger partial charge in [0, 0.05) is 0 Å². The summed E-state index contributed by atoms with van der Waals surface area (Å²) in [7, 11) is 0. The maximum absolute atomic E-state index is 6.13. The maximum atomic E-state index is 6.13. The van der Waals surface area contributed by atoms with Gasteiger partial charge in [-0.1, -0.05) is 57.0 Å². The van der Waals surface area contributed by atoms with Gasteiger partial charge in [0.05, 0.1) is 0 Å². The second-order valence-electron chi connectivity index (χ2n) is 5.80. The topological polar surface area (TPSA) is 9.23 Å². The fourth-order valence-corrected chi connectivity index (χ4v) is 2.74. The highest BCUT2D eigenvalue weighted by atomic mass is 16.5. The van der Waals surface area contributed by atoms with E-state index in [-0.39, 0.29) is 0 Å². The molecule has 1 nitrogen and oxygen atoms in total. The Balaban J connectivity index is 2.28. The largest absolute Gasteiger partial charge is 0.457 e. The third kappa shape index (κ3) is 3.87. The molecule has 1 heteroatoms. The van der Waals surface area contributed by atoms with Crippen molar-refractivity contribution in [3.8, 4) is 11.5 Å². The average Bonchev–Trinajstić information content (AvgIpc) is 2.52. The summed E-state index contributed by atoms with van der Waals surface area (Å²) >= 11 is 0. The van der Waals surface area contributed by atoms with Gasteiger partial charge in [-0.25, -0.2) is 0 Å². The van der Waals surface area contributed by atoms with Crippen LogP contribution in [0.1, 0.15) is 43.4 Å². The lowest BCUT2D eigenvalue weighted by Crippen LogP contribution is -2.04. The van der Waals surface area contributed by atoms with Gasteiger partial charge in [0.1, 0.15) is 11.5 Å². The van der Waals surface area contributed by atoms with Crippen molar-refractivity contribution in [2.75, 3.05) is 0 Å². The standard InChI is InChI=1S/C20H26O/c1-5-17(6-2)14-18-13-12-15(3)20(16(18)4)21-19-10-8-7-9-11-19/h7-13,17H,5-6,14H2,1-4H3. The molecule has 0 aromatic heterocycles. The Kier molecular flexibility index (Phi) is 5.44. The minimum absolute atomic E-state index is 0.760. The molecule has 2 aromatic carbocycles. The van der Waals surface area contributed by atoms with Crippen molar-refractivity contribution in [2.45, 2.75) is 47.0 Å². The second-order valence-corrected chi connectivity index (χ2v) is 5.80. The van der Waals surface area contributed by atoms with Crippen molar-refractivity contribution in [1.82, 2.24) is 0 Å². The number of hydrogen-bond acceptors (Lipinski definition) is 1. The van der Waals surface area contributed by atoms with Gasteiger partial charge >= 0.3 is 0 Å². The smallest absolute Gasteiger partial charge is 0.133 e. The lowest BCUT2D eigenvalue weighted by atomic mass is 9.91. The molecule has 0 heterocycles. The van der Waals surface area contributed by atoms with E-state index < -0.39 is 0 Å². The highest BCUT2D eigenvalue weighted by Gasteiger charge is 2.13. The van der Waals surface area contributed by atoms with Crippen LogP contribution in [-0.2, 0) is 6.42 Å². The summed E-state index contributed by atoms with van der Waals surface area (Å²) in [5.74, 6) is 2.68. The van der Waals surface area contributed by atoms with Crippen LogP contribution >= 0.6 is 0 Å². The van der Waals surface area contributed by atoms with E-state index in [4.69, 9.17) is 4.74 Å². The van der Waals surface area contributed by atoms with Gasteiger partial charge in [-0.15, -0.1) is 0 Å². The first kappa shape index (κ1) is 15.6. The van der Waals surface area contributed by atoms with Crippen molar-refractivity contribution in [1.29, 1.82) is 0 Å². The number of hydrogen-bond donors (Lipinski definition) is 0. The number of benzene rings is 2. The molecule has 0 spiro atoms. The quantitative estimate of drug-likeness (QED) is 0.624. The van der Waals surface area contributed by atoms with Crippen LogP contribution in [0, 0.1) is 19.8 Å². The summed E-state index contributed by atoms with van der Waals surface area (Å²) in [5, 5.41) is 0. The molecule has 0 aliphatic carbocycles. The monoisotopic (exact) mass is 282 g/mol. The molecule has 21 heavy (non-hydrogen) atoms. The fourth-order valence-electron chi connectivity index (χ4n) is 2.74. The highest BCUT2D eigenvalue weighted by molar-refractivity contribution is 5.47. The first-order valence-corrected chi connectivity index (χ1v) is 7.97. The Bertz CT molecular complexity index is 568. The van der Waals surface area contributed by atoms with Gasteiger partial charge in [0.25, 0.3) is 0 Å². The van der Waals surface area contributed by atoms with Gasteiger partial charge in [-0.3, -0.25) is 0 Å². The van der Waals surface area contributed by atoms with Crippen LogP contribution in [0.15, 0.2) is 42.5 Å². The predicted octanol–water partition coefficient (Wildman–Crippen LogP) is 6.07. The Morgan fingerprint density at radius 3 is 2.19 bits per heavy atom. The zero-order valence-corrected chi connectivity index (χ0v) is 13.6. The van der Waals surface area contributed by atoms with E-state index in [9.17, 15) is 0 Å². The molecule has 0 bridgehead atoms. The number of ether oxygens (including phenoxy) is 1. The van der Waals surface area contributed by atoms with Crippen LogP contribution in [0.25, 0.3) is 0 Å². The highest BCUT2D eigenvalue weighted by Crippen LogP contribution is 2.32. The SMILES string of the molecule is CCC(CC)Cc1ccc(C)c(Oc2ccccc2)c1C. The molecule has 0 saturated heterocycles. The van der Waals surface area contributed by atoms with E-state index in [1.165, 1.54) is 29.5 Å². The molecule has 0 atom stereocenters. The van der Waals surface area contributed by atoms with Crippen LogP contribution < -0.4 is 4.74 Å². The van der Waals surface area contributed by atoms with Crippen LogP contribution in [0.2, 0.25) is 0 Å². The summed E-state index contributed by atoms with van der Waals surface area (Å²) in [6.07, 6.45) is 3.61. The number of para-hydroxylation sites is 1. The second kappa shape index (κ2) is 7.31. The molecule has 0 amide bonds. The van der Waals surface area contributed by atoms with Crippen molar-refractivity contribution < 1.29 is 4.74 Å². The summed E-state index contributed by atoms with van der Waals surface area (Å²) in [6, 6.07) is 14.5. The lowest BCUT2D eigenvalue weighted by molar-refractivity contribution is 0.466. The minimum Gasteiger partial charge on any atom is -0.457 e. The Labute approximate surface area is 129 Å². The van der Waals surface area contributed by atoms with Gasteiger partial charge in [0.15, 0.2) is 0 Å². The first-order valence-electron chi connectivity index (χ1n) is 7.97. The summed E-state index contributed by atoms with van der Waals surface area (Å²) in [5.41, 5.74) is 3.90. The molecular weight excluding hydrogens is 256 g/mol. The third-order valence-electron chi connectivity index (χ3n) is 4.34. The normalized spacial score (nSPS) is 10.9. The van der Waals surface area contributed by atoms with Gasteiger partial charge in [0.2, 0.25) is 0 Å². The van der Waals surface area contributed by atoms with E-state index in [0.29, 0.717) is 0 Å². The Morgan fingerprint density at radius 1 is 0.905 bits per heavy atom. The molecule has 112 valence electrons. The molecule has 0 radical (unpaired) electrons. The van der Waals surface area contributed by atoms with Crippen molar-refractivity contribution >= 4 is 0 Å². The van der Waals surface area contributed by atoms with E-state index in [0.717, 1.165) is 23.8 Å². The minimum atomic E-state index is 0.760. The Morgan fingerprint density at radius 2 is 1.57 bits per heavy atom. The van der Waals surface area contributed by atoms with Crippen LogP contribution in [-0.4, -0.2) is 0 Å². The fraction of sp³-hybridized carbons (Fsp3) is 0.400. The van der Waals surface area contributed by atoms with E-state index in [1.54, 1.807) is 0 Å². The number of aryl methyl sites for hydroxylation is 1. The van der Waals surface area contributed by atoms with E-state index in [2.05, 4.69) is 39.8 Å². The Hall–Kier alpha value is -1.76. The van der Waals surface area contributed by atoms with Gasteiger partial charge in [-0.05, 0) is 55.0 Å². The van der Waals surface area contributed by atoms with Crippen LogP contribution in [0.5, 0.6) is 11.5 Å². The van der Waals surface area contributed by atoms with Crippen molar-refractivity contribution in [2.24, 2.45) is 5.92 Å². The number of rotatable bonds is 6. The van der Waals surface area contributed by atoms with E-state index in [1.807, 2.05) is 30.3 Å². The summed E-state index contributed by atoms with van der Waals surface area (Å²) in [6.45, 7) is 8.85. The van der Waals surface area contributed by atoms with Gasteiger partial charge < -0.3 is 4.74 Å². The molecule has 0 N–H and O–H groups in total. The molecule has 0 unspecified atom stereocenters. The van der Waals surface area contributed by atoms with Gasteiger partial charge in [-0.2, -0.15) is 0 Å². The van der Waals surface area contributed by atoms with Crippen LogP contribution in [0.3, 0.4) is 0 Å². The van der Waals surface area contributed by atoms with Crippen LogP contribution in [0.4, 0.5) is 0 Å². The van der Waals surface area contributed by atoms with Crippen molar-refractivity contribution in [3.05, 3.63) is 59.2 Å². The molecular formula is C20H26O. The first-order chi connectivity index (χ1) is 10.2. The van der Waals surface area contributed by atoms with Crippen molar-refractivity contribution in [3.63, 3.8) is 0 Å². The zero-order chi connectivity index (χ0) is 15.2. The average molecular weight is 282 g/mol. The lowest BCUT2D eigenvalue weighted by Gasteiger charge is -2.18. The zero-order valence-electron chi connectivity index (χ0n) is 13.6. The molecule has 0 fully saturated rings. The van der Waals surface area contributed by atoms with E-state index >= 15 is 0 Å². The predicted molar refractivity (Wildman–Crippen MR) is 90.2 cm³/mol. The molecule has 2 rings (SSSR count). The summed E-state index contributed by atoms with van der Waals surface area (Å²) < 4.78 is 6.13. The third-order valence-corrected chi connectivity index (χ3v) is 4.34.